The fourth-order valence-corrected chi connectivity index (χ4v) is 2.48. The summed E-state index contributed by atoms with van der Waals surface area (Å²) in [6.07, 6.45) is -24.5. The summed E-state index contributed by atoms with van der Waals surface area (Å²) in [6.45, 7) is 0. The third-order valence-electron chi connectivity index (χ3n) is 3.47. The summed E-state index contributed by atoms with van der Waals surface area (Å²) in [5.74, 6) is -5.29. The minimum atomic E-state index is -5.49. The third-order valence-corrected chi connectivity index (χ3v) is 3.47. The summed E-state index contributed by atoms with van der Waals surface area (Å²) >= 11 is 0. The standard InChI is InChI=1S/C17H8F12O5/c18-14(19,20)31-7-1-3-11(33-16(24,25)26)9(5-7)13(30)10-6-8(32-15(21,22)23)2-4-12(10)34-17(27,28)29/h1-6,13,30H. The average molecular weight is 520 g/mol. The van der Waals surface area contributed by atoms with Crippen molar-refractivity contribution in [3.63, 3.8) is 0 Å². The van der Waals surface area contributed by atoms with E-state index >= 15 is 0 Å². The van der Waals surface area contributed by atoms with Crippen molar-refractivity contribution in [2.45, 2.75) is 31.6 Å². The number of alkyl halides is 12. The molecule has 1 N–H and O–H groups in total. The number of aliphatic hydroxyl groups is 1. The maximum absolute atomic E-state index is 12.7. The topological polar surface area (TPSA) is 57.2 Å². The molecular formula is C17H8F12O5. The van der Waals surface area contributed by atoms with E-state index in [2.05, 4.69) is 18.9 Å². The molecule has 2 aromatic carbocycles. The Morgan fingerprint density at radius 2 is 0.794 bits per heavy atom. The van der Waals surface area contributed by atoms with E-state index in [1.54, 1.807) is 0 Å². The molecule has 34 heavy (non-hydrogen) atoms. The number of ether oxygens (including phenoxy) is 4. The van der Waals surface area contributed by atoms with Gasteiger partial charge < -0.3 is 24.1 Å². The minimum absolute atomic E-state index is 0.119. The van der Waals surface area contributed by atoms with Gasteiger partial charge in [0.1, 0.15) is 29.1 Å². The van der Waals surface area contributed by atoms with Crippen LogP contribution in [0.4, 0.5) is 52.7 Å². The highest BCUT2D eigenvalue weighted by molar-refractivity contribution is 5.50. The predicted molar refractivity (Wildman–Crippen MR) is 83.7 cm³/mol. The fraction of sp³-hybridized carbons (Fsp3) is 0.294. The Bertz CT molecular complexity index is 915. The van der Waals surface area contributed by atoms with E-state index in [0.717, 1.165) is 0 Å². The molecule has 0 aliphatic rings. The number of rotatable bonds is 6. The van der Waals surface area contributed by atoms with E-state index in [4.69, 9.17) is 0 Å². The molecule has 0 aliphatic carbocycles. The molecule has 0 radical (unpaired) electrons. The molecule has 0 heterocycles. The third kappa shape index (κ3) is 8.60. The number of halogens is 12. The molecule has 0 saturated heterocycles. The van der Waals surface area contributed by atoms with E-state index in [0.29, 0.717) is 12.1 Å². The van der Waals surface area contributed by atoms with Crippen LogP contribution in [-0.2, 0) is 0 Å². The van der Waals surface area contributed by atoms with E-state index in [9.17, 15) is 57.8 Å². The summed E-state index contributed by atoms with van der Waals surface area (Å²) in [6, 6.07) is 1.34. The first-order valence-corrected chi connectivity index (χ1v) is 8.21. The van der Waals surface area contributed by atoms with Crippen LogP contribution in [0, 0.1) is 0 Å². The van der Waals surface area contributed by atoms with Gasteiger partial charge in [0.15, 0.2) is 0 Å². The summed E-state index contributed by atoms with van der Waals surface area (Å²) < 4.78 is 165. The summed E-state index contributed by atoms with van der Waals surface area (Å²) in [5.41, 5.74) is -2.54. The lowest BCUT2D eigenvalue weighted by Crippen LogP contribution is -2.21. The number of hydrogen-bond acceptors (Lipinski definition) is 5. The highest BCUT2D eigenvalue weighted by Crippen LogP contribution is 2.42. The van der Waals surface area contributed by atoms with Crippen molar-refractivity contribution in [3.8, 4) is 23.0 Å². The first-order chi connectivity index (χ1) is 15.2. The lowest BCUT2D eigenvalue weighted by atomic mass is 9.99. The molecule has 0 aliphatic heterocycles. The van der Waals surface area contributed by atoms with Gasteiger partial charge in [-0.3, -0.25) is 0 Å². The van der Waals surface area contributed by atoms with Crippen LogP contribution in [0.25, 0.3) is 0 Å². The molecule has 0 amide bonds. The van der Waals surface area contributed by atoms with Crippen LogP contribution in [0.15, 0.2) is 36.4 Å². The van der Waals surface area contributed by atoms with Crippen molar-refractivity contribution in [2.24, 2.45) is 0 Å². The zero-order chi connectivity index (χ0) is 26.1. The van der Waals surface area contributed by atoms with Crippen LogP contribution >= 0.6 is 0 Å². The lowest BCUT2D eigenvalue weighted by molar-refractivity contribution is -0.277. The van der Waals surface area contributed by atoms with Crippen molar-refractivity contribution >= 4 is 0 Å². The SMILES string of the molecule is OC(c1cc(OC(F)(F)F)ccc1OC(F)(F)F)c1cc(OC(F)(F)F)ccc1OC(F)(F)F. The highest BCUT2D eigenvalue weighted by Gasteiger charge is 2.38. The maximum atomic E-state index is 12.7. The first kappa shape index (κ1) is 27.0. The zero-order valence-electron chi connectivity index (χ0n) is 15.7. The van der Waals surface area contributed by atoms with Gasteiger partial charge in [-0.25, -0.2) is 0 Å². The number of hydrogen-bond donors (Lipinski definition) is 1. The molecule has 0 spiro atoms. The van der Waals surface area contributed by atoms with Crippen molar-refractivity contribution < 1.29 is 76.7 Å². The molecule has 2 aromatic rings. The van der Waals surface area contributed by atoms with E-state index < -0.39 is 65.7 Å². The minimum Gasteiger partial charge on any atom is -0.406 e. The summed E-state index contributed by atoms with van der Waals surface area (Å²) in [5, 5.41) is 10.4. The van der Waals surface area contributed by atoms with Gasteiger partial charge >= 0.3 is 25.4 Å². The lowest BCUT2D eigenvalue weighted by Gasteiger charge is -2.22. The van der Waals surface area contributed by atoms with Crippen molar-refractivity contribution in [2.75, 3.05) is 0 Å². The van der Waals surface area contributed by atoms with Gasteiger partial charge in [0.2, 0.25) is 0 Å². The van der Waals surface area contributed by atoms with Crippen LogP contribution in [0.5, 0.6) is 23.0 Å². The van der Waals surface area contributed by atoms with Gasteiger partial charge in [-0.05, 0) is 36.4 Å². The second-order valence-electron chi connectivity index (χ2n) is 5.99. The highest BCUT2D eigenvalue weighted by atomic mass is 19.4. The smallest absolute Gasteiger partial charge is 0.406 e. The van der Waals surface area contributed by atoms with Gasteiger partial charge in [0.05, 0.1) is 0 Å². The van der Waals surface area contributed by atoms with E-state index in [1.807, 2.05) is 0 Å². The Kier molecular flexibility index (Phi) is 7.30. The summed E-state index contributed by atoms with van der Waals surface area (Å²) in [4.78, 5) is 0. The van der Waals surface area contributed by atoms with Gasteiger partial charge in [-0.2, -0.15) is 0 Å². The van der Waals surface area contributed by atoms with Crippen LogP contribution in [0.3, 0.4) is 0 Å². The van der Waals surface area contributed by atoms with Crippen LogP contribution in [0.1, 0.15) is 17.2 Å². The maximum Gasteiger partial charge on any atom is 0.573 e. The molecular weight excluding hydrogens is 512 g/mol. The van der Waals surface area contributed by atoms with Crippen molar-refractivity contribution in [1.82, 2.24) is 0 Å². The van der Waals surface area contributed by atoms with Gasteiger partial charge in [-0.1, -0.05) is 0 Å². The van der Waals surface area contributed by atoms with Gasteiger partial charge in [0, 0.05) is 11.1 Å². The van der Waals surface area contributed by atoms with Gasteiger partial charge in [-0.15, -0.1) is 52.7 Å². The Labute approximate surface area is 180 Å². The fourth-order valence-electron chi connectivity index (χ4n) is 2.48. The molecule has 190 valence electrons. The molecule has 0 saturated carbocycles. The monoisotopic (exact) mass is 520 g/mol. The molecule has 0 aromatic heterocycles. The molecule has 0 unspecified atom stereocenters. The molecule has 17 heteroatoms. The number of benzene rings is 2. The Morgan fingerprint density at radius 1 is 0.500 bits per heavy atom. The largest absolute Gasteiger partial charge is 0.573 e. The number of aliphatic hydroxyl groups excluding tert-OH is 1. The second kappa shape index (κ2) is 9.19. The normalized spacial score (nSPS) is 13.1. The average Bonchev–Trinajstić information content (AvgIpc) is 2.59. The summed E-state index contributed by atoms with van der Waals surface area (Å²) in [7, 11) is 0. The second-order valence-corrected chi connectivity index (χ2v) is 5.99. The molecule has 0 bridgehead atoms. The zero-order valence-corrected chi connectivity index (χ0v) is 15.7. The van der Waals surface area contributed by atoms with Crippen molar-refractivity contribution in [3.05, 3.63) is 47.5 Å². The van der Waals surface area contributed by atoms with Crippen LogP contribution in [-0.4, -0.2) is 30.6 Å². The molecule has 0 fully saturated rings. The Balaban J connectivity index is 2.66. The van der Waals surface area contributed by atoms with Crippen LogP contribution < -0.4 is 18.9 Å². The first-order valence-electron chi connectivity index (χ1n) is 8.21. The molecule has 2 rings (SSSR count). The Morgan fingerprint density at radius 3 is 1.06 bits per heavy atom. The predicted octanol–water partition coefficient (Wildman–Crippen LogP) is 6.36. The van der Waals surface area contributed by atoms with E-state index in [1.165, 1.54) is 0 Å². The van der Waals surface area contributed by atoms with Gasteiger partial charge in [0.25, 0.3) is 0 Å². The molecule has 0 atom stereocenters. The van der Waals surface area contributed by atoms with Crippen LogP contribution in [0.2, 0.25) is 0 Å². The van der Waals surface area contributed by atoms with Crippen molar-refractivity contribution in [1.29, 1.82) is 0 Å². The quantitative estimate of drug-likeness (QED) is 0.450. The van der Waals surface area contributed by atoms with E-state index in [-0.39, 0.29) is 24.3 Å². The molecule has 5 nitrogen and oxygen atoms in total. The Hall–Kier alpha value is -3.24.